The van der Waals surface area contributed by atoms with Crippen LogP contribution < -0.4 is 11.1 Å². The number of carbonyl (C=O) groups is 2. The van der Waals surface area contributed by atoms with Crippen molar-refractivity contribution in [3.8, 4) is 0 Å². The van der Waals surface area contributed by atoms with Gasteiger partial charge < -0.3 is 15.8 Å². The SMILES string of the molecule is COC(=O)C(Cc1ccc2ccccc2c1)NC(=O)C1CC(N)CN1C. The molecule has 1 amide bonds. The molecule has 26 heavy (non-hydrogen) atoms. The van der Waals surface area contributed by atoms with Crippen molar-refractivity contribution in [1.82, 2.24) is 10.2 Å². The number of amides is 1. The van der Waals surface area contributed by atoms with Crippen LogP contribution in [0.4, 0.5) is 0 Å². The summed E-state index contributed by atoms with van der Waals surface area (Å²) in [7, 11) is 3.20. The fraction of sp³-hybridized carbons (Fsp3) is 0.400. The summed E-state index contributed by atoms with van der Waals surface area (Å²) in [6.07, 6.45) is 0.970. The van der Waals surface area contributed by atoms with Crippen molar-refractivity contribution >= 4 is 22.6 Å². The summed E-state index contributed by atoms with van der Waals surface area (Å²) < 4.78 is 4.89. The normalized spacial score (nSPS) is 21.5. The van der Waals surface area contributed by atoms with Gasteiger partial charge in [0.25, 0.3) is 0 Å². The maximum absolute atomic E-state index is 12.6. The second-order valence-electron chi connectivity index (χ2n) is 6.92. The number of nitrogens with one attached hydrogen (secondary N) is 1. The van der Waals surface area contributed by atoms with Gasteiger partial charge in [-0.2, -0.15) is 0 Å². The Hall–Kier alpha value is -2.44. The van der Waals surface area contributed by atoms with Gasteiger partial charge in [0, 0.05) is 19.0 Å². The van der Waals surface area contributed by atoms with Crippen molar-refractivity contribution in [2.45, 2.75) is 31.0 Å². The van der Waals surface area contributed by atoms with Crippen LogP contribution in [-0.4, -0.2) is 55.6 Å². The zero-order valence-corrected chi connectivity index (χ0v) is 15.1. The van der Waals surface area contributed by atoms with Crippen LogP contribution in [0.15, 0.2) is 42.5 Å². The van der Waals surface area contributed by atoms with Gasteiger partial charge in [-0.1, -0.05) is 42.5 Å². The first-order valence-electron chi connectivity index (χ1n) is 8.79. The van der Waals surface area contributed by atoms with Gasteiger partial charge in [0.05, 0.1) is 13.2 Å². The lowest BCUT2D eigenvalue weighted by molar-refractivity contribution is -0.145. The highest BCUT2D eigenvalue weighted by atomic mass is 16.5. The van der Waals surface area contributed by atoms with Gasteiger partial charge >= 0.3 is 5.97 Å². The van der Waals surface area contributed by atoms with Gasteiger partial charge in [-0.15, -0.1) is 0 Å². The van der Waals surface area contributed by atoms with Crippen LogP contribution >= 0.6 is 0 Å². The molecule has 1 aliphatic heterocycles. The summed E-state index contributed by atoms with van der Waals surface area (Å²) in [6, 6.07) is 13.0. The van der Waals surface area contributed by atoms with E-state index in [4.69, 9.17) is 10.5 Å². The molecule has 1 saturated heterocycles. The molecule has 3 unspecified atom stereocenters. The summed E-state index contributed by atoms with van der Waals surface area (Å²) in [4.78, 5) is 26.7. The number of nitrogens with zero attached hydrogens (tertiary/aromatic N) is 1. The van der Waals surface area contributed by atoms with E-state index in [2.05, 4.69) is 5.32 Å². The second-order valence-corrected chi connectivity index (χ2v) is 6.92. The van der Waals surface area contributed by atoms with E-state index in [9.17, 15) is 9.59 Å². The van der Waals surface area contributed by atoms with Crippen LogP contribution in [0.3, 0.4) is 0 Å². The second kappa shape index (κ2) is 7.85. The van der Waals surface area contributed by atoms with Gasteiger partial charge in [-0.25, -0.2) is 4.79 Å². The Kier molecular flexibility index (Phi) is 5.54. The van der Waals surface area contributed by atoms with Crippen LogP contribution in [0.1, 0.15) is 12.0 Å². The van der Waals surface area contributed by atoms with Crippen molar-refractivity contribution in [1.29, 1.82) is 0 Å². The van der Waals surface area contributed by atoms with E-state index >= 15 is 0 Å². The minimum Gasteiger partial charge on any atom is -0.467 e. The maximum atomic E-state index is 12.6. The fourth-order valence-electron chi connectivity index (χ4n) is 3.55. The number of fused-ring (bicyclic) bond motifs is 1. The van der Waals surface area contributed by atoms with Crippen LogP contribution in [-0.2, 0) is 20.7 Å². The molecule has 0 saturated carbocycles. The highest BCUT2D eigenvalue weighted by molar-refractivity contribution is 5.88. The van der Waals surface area contributed by atoms with Gasteiger partial charge in [0.1, 0.15) is 6.04 Å². The molecule has 0 bridgehead atoms. The third kappa shape index (κ3) is 4.03. The number of nitrogens with two attached hydrogens (primary N) is 1. The monoisotopic (exact) mass is 355 g/mol. The third-order valence-electron chi connectivity index (χ3n) is 4.94. The Labute approximate surface area is 153 Å². The van der Waals surface area contributed by atoms with E-state index in [0.29, 0.717) is 19.4 Å². The molecule has 138 valence electrons. The summed E-state index contributed by atoms with van der Waals surface area (Å²) in [5.41, 5.74) is 6.90. The molecule has 3 rings (SSSR count). The standard InChI is InChI=1S/C20H25N3O3/c1-23-12-16(21)11-18(23)19(24)22-17(20(25)26-2)10-13-7-8-14-5-3-4-6-15(14)9-13/h3-9,16-18H,10-12,21H2,1-2H3,(H,22,24). The molecule has 2 aromatic carbocycles. The minimum atomic E-state index is -0.723. The predicted octanol–water partition coefficient (Wildman–Crippen LogP) is 1.07. The zero-order chi connectivity index (χ0) is 18.7. The molecule has 2 aromatic rings. The molecular formula is C20H25N3O3. The predicted molar refractivity (Wildman–Crippen MR) is 101 cm³/mol. The first-order valence-corrected chi connectivity index (χ1v) is 8.79. The number of methoxy groups -OCH3 is 1. The molecular weight excluding hydrogens is 330 g/mol. The molecule has 0 spiro atoms. The lowest BCUT2D eigenvalue weighted by atomic mass is 10.0. The van der Waals surface area contributed by atoms with Gasteiger partial charge in [0.15, 0.2) is 0 Å². The Morgan fingerprint density at radius 2 is 2.00 bits per heavy atom. The number of rotatable bonds is 5. The van der Waals surface area contributed by atoms with Crippen LogP contribution in [0.25, 0.3) is 10.8 Å². The number of carbonyl (C=O) groups excluding carboxylic acids is 2. The number of esters is 1. The van der Waals surface area contributed by atoms with Crippen molar-refractivity contribution in [2.75, 3.05) is 20.7 Å². The van der Waals surface area contributed by atoms with Crippen LogP contribution in [0.5, 0.6) is 0 Å². The Morgan fingerprint density at radius 1 is 1.27 bits per heavy atom. The Balaban J connectivity index is 1.75. The number of benzene rings is 2. The first-order chi connectivity index (χ1) is 12.5. The quantitative estimate of drug-likeness (QED) is 0.784. The largest absolute Gasteiger partial charge is 0.467 e. The number of hydrogen-bond acceptors (Lipinski definition) is 5. The van der Waals surface area contributed by atoms with Crippen molar-refractivity contribution in [3.63, 3.8) is 0 Å². The molecule has 6 nitrogen and oxygen atoms in total. The third-order valence-corrected chi connectivity index (χ3v) is 4.94. The van der Waals surface area contributed by atoms with Crippen LogP contribution in [0, 0.1) is 0 Å². The first kappa shape index (κ1) is 18.4. The minimum absolute atomic E-state index is 0.0205. The van der Waals surface area contributed by atoms with E-state index in [-0.39, 0.29) is 18.0 Å². The highest BCUT2D eigenvalue weighted by Gasteiger charge is 2.34. The molecule has 1 heterocycles. The highest BCUT2D eigenvalue weighted by Crippen LogP contribution is 2.18. The Bertz CT molecular complexity index is 808. The average molecular weight is 355 g/mol. The molecule has 0 aromatic heterocycles. The van der Waals surface area contributed by atoms with Crippen molar-refractivity contribution in [2.24, 2.45) is 5.73 Å². The zero-order valence-electron chi connectivity index (χ0n) is 15.1. The molecule has 6 heteroatoms. The van der Waals surface area contributed by atoms with Gasteiger partial charge in [-0.05, 0) is 29.8 Å². The topological polar surface area (TPSA) is 84.7 Å². The lowest BCUT2D eigenvalue weighted by Gasteiger charge is -2.22. The number of hydrogen-bond donors (Lipinski definition) is 2. The number of likely N-dealkylation sites (N-methyl/N-ethyl adjacent to an activating group) is 1. The van der Waals surface area contributed by atoms with Gasteiger partial charge in [0.2, 0.25) is 5.91 Å². The smallest absolute Gasteiger partial charge is 0.328 e. The molecule has 0 radical (unpaired) electrons. The maximum Gasteiger partial charge on any atom is 0.328 e. The van der Waals surface area contributed by atoms with E-state index in [1.54, 1.807) is 0 Å². The van der Waals surface area contributed by atoms with E-state index in [1.807, 2.05) is 54.4 Å². The fourth-order valence-corrected chi connectivity index (χ4v) is 3.55. The van der Waals surface area contributed by atoms with Crippen LogP contribution in [0.2, 0.25) is 0 Å². The van der Waals surface area contributed by atoms with Crippen molar-refractivity contribution in [3.05, 3.63) is 48.0 Å². The summed E-state index contributed by atoms with van der Waals surface area (Å²) >= 11 is 0. The summed E-state index contributed by atoms with van der Waals surface area (Å²) in [5.74, 6) is -0.631. The summed E-state index contributed by atoms with van der Waals surface area (Å²) in [6.45, 7) is 0.672. The molecule has 1 aliphatic rings. The van der Waals surface area contributed by atoms with E-state index in [1.165, 1.54) is 7.11 Å². The molecule has 0 aliphatic carbocycles. The molecule has 3 atom stereocenters. The van der Waals surface area contributed by atoms with Crippen molar-refractivity contribution < 1.29 is 14.3 Å². The van der Waals surface area contributed by atoms with Gasteiger partial charge in [-0.3, -0.25) is 9.69 Å². The Morgan fingerprint density at radius 3 is 2.65 bits per heavy atom. The molecule has 1 fully saturated rings. The van der Waals surface area contributed by atoms with E-state index < -0.39 is 12.0 Å². The number of likely N-dealkylation sites (tertiary alicyclic amines) is 1. The number of ether oxygens (including phenoxy) is 1. The molecule has 3 N–H and O–H groups in total. The average Bonchev–Trinajstić information content (AvgIpc) is 2.98. The lowest BCUT2D eigenvalue weighted by Crippen LogP contribution is -2.49. The summed E-state index contributed by atoms with van der Waals surface area (Å²) in [5, 5.41) is 5.08. The van der Waals surface area contributed by atoms with E-state index in [0.717, 1.165) is 16.3 Å².